The van der Waals surface area contributed by atoms with Crippen molar-refractivity contribution in [2.24, 2.45) is 0 Å². The molecule has 0 saturated carbocycles. The summed E-state index contributed by atoms with van der Waals surface area (Å²) >= 11 is 0. The number of rotatable bonds is 4. The third-order valence-corrected chi connectivity index (χ3v) is 3.37. The van der Waals surface area contributed by atoms with E-state index in [9.17, 15) is 0 Å². The maximum Gasteiger partial charge on any atom is 0.140 e. The van der Waals surface area contributed by atoms with E-state index in [1.165, 1.54) is 0 Å². The molecule has 2 aromatic heterocycles. The molecule has 102 valence electrons. The van der Waals surface area contributed by atoms with Crippen LogP contribution in [0.2, 0.25) is 0 Å². The quantitative estimate of drug-likeness (QED) is 0.738. The molecule has 5 nitrogen and oxygen atoms in total. The van der Waals surface area contributed by atoms with Crippen LogP contribution in [-0.2, 0) is 13.1 Å². The van der Waals surface area contributed by atoms with Gasteiger partial charge in [0.15, 0.2) is 0 Å². The molecule has 3 aromatic rings. The second-order valence-electron chi connectivity index (χ2n) is 4.74. The van der Waals surface area contributed by atoms with Crippen molar-refractivity contribution in [2.75, 3.05) is 5.73 Å². The van der Waals surface area contributed by atoms with Gasteiger partial charge in [0.05, 0.1) is 0 Å². The summed E-state index contributed by atoms with van der Waals surface area (Å²) in [6.07, 6.45) is 7.62. The Kier molecular flexibility index (Phi) is 3.25. The van der Waals surface area contributed by atoms with Gasteiger partial charge < -0.3 is 14.9 Å². The first-order chi connectivity index (χ1) is 9.74. The number of nitrogens with two attached hydrogens (primary N) is 1. The lowest BCUT2D eigenvalue weighted by Crippen LogP contribution is -2.08. The molecule has 0 aliphatic rings. The Morgan fingerprint density at radius 3 is 2.55 bits per heavy atom. The second-order valence-corrected chi connectivity index (χ2v) is 4.74. The molecule has 0 amide bonds. The molecule has 0 radical (unpaired) electrons. The van der Waals surface area contributed by atoms with Gasteiger partial charge in [-0.1, -0.05) is 12.1 Å². The van der Waals surface area contributed by atoms with E-state index in [1.807, 2.05) is 56.0 Å². The Bertz CT molecular complexity index is 710. The minimum absolute atomic E-state index is 0.752. The summed E-state index contributed by atoms with van der Waals surface area (Å²) in [5, 5.41) is 0. The molecule has 0 saturated heterocycles. The Morgan fingerprint density at radius 2 is 1.80 bits per heavy atom. The van der Waals surface area contributed by atoms with Crippen LogP contribution in [0.25, 0.3) is 11.4 Å². The van der Waals surface area contributed by atoms with Gasteiger partial charge in [-0.2, -0.15) is 0 Å². The molecule has 2 heterocycles. The lowest BCUT2D eigenvalue weighted by Gasteiger charge is -2.10. The summed E-state index contributed by atoms with van der Waals surface area (Å²) in [6, 6.07) is 7.80. The molecule has 0 unspecified atom stereocenters. The average Bonchev–Trinajstić information content (AvgIpc) is 3.05. The third-order valence-electron chi connectivity index (χ3n) is 3.37. The van der Waals surface area contributed by atoms with Crippen molar-refractivity contribution < 1.29 is 0 Å². The second kappa shape index (κ2) is 5.21. The van der Waals surface area contributed by atoms with Crippen molar-refractivity contribution >= 4 is 5.69 Å². The highest BCUT2D eigenvalue weighted by Gasteiger charge is 2.06. The molecule has 5 heteroatoms. The summed E-state index contributed by atoms with van der Waals surface area (Å²) in [5.74, 6) is 1.96. The lowest BCUT2D eigenvalue weighted by atomic mass is 10.2. The fourth-order valence-corrected chi connectivity index (χ4v) is 2.28. The fourth-order valence-electron chi connectivity index (χ4n) is 2.28. The van der Waals surface area contributed by atoms with Crippen molar-refractivity contribution in [3.05, 3.63) is 54.9 Å². The number of imidazole rings is 2. The monoisotopic (exact) mass is 267 g/mol. The highest BCUT2D eigenvalue weighted by Crippen LogP contribution is 2.19. The number of nitrogens with zero attached hydrogens (tertiary/aromatic N) is 4. The van der Waals surface area contributed by atoms with Crippen LogP contribution in [0.4, 0.5) is 5.69 Å². The van der Waals surface area contributed by atoms with E-state index in [1.54, 1.807) is 0 Å². The van der Waals surface area contributed by atoms with E-state index < -0.39 is 0 Å². The molecule has 1 aromatic carbocycles. The van der Waals surface area contributed by atoms with Gasteiger partial charge in [0, 0.05) is 49.1 Å². The van der Waals surface area contributed by atoms with Crippen LogP contribution in [0.1, 0.15) is 5.82 Å². The van der Waals surface area contributed by atoms with Gasteiger partial charge in [0.1, 0.15) is 11.6 Å². The molecule has 0 aliphatic carbocycles. The van der Waals surface area contributed by atoms with E-state index >= 15 is 0 Å². The molecule has 0 aliphatic heterocycles. The molecular formula is C15H17N5. The van der Waals surface area contributed by atoms with Crippen molar-refractivity contribution in [3.8, 4) is 11.4 Å². The van der Waals surface area contributed by atoms with Crippen molar-refractivity contribution in [1.29, 1.82) is 0 Å². The largest absolute Gasteiger partial charge is 0.399 e. The van der Waals surface area contributed by atoms with Gasteiger partial charge in [-0.05, 0) is 19.1 Å². The van der Waals surface area contributed by atoms with Gasteiger partial charge in [-0.15, -0.1) is 0 Å². The zero-order valence-electron chi connectivity index (χ0n) is 11.4. The van der Waals surface area contributed by atoms with Crippen molar-refractivity contribution in [2.45, 2.75) is 20.0 Å². The van der Waals surface area contributed by atoms with Crippen LogP contribution >= 0.6 is 0 Å². The predicted octanol–water partition coefficient (Wildman–Crippen LogP) is 2.34. The predicted molar refractivity (Wildman–Crippen MR) is 79.0 cm³/mol. The molecule has 0 fully saturated rings. The average molecular weight is 267 g/mol. The Hall–Kier alpha value is -2.56. The van der Waals surface area contributed by atoms with E-state index in [0.717, 1.165) is 36.0 Å². The van der Waals surface area contributed by atoms with Gasteiger partial charge in [-0.25, -0.2) is 9.97 Å². The number of aromatic nitrogens is 4. The zero-order valence-corrected chi connectivity index (χ0v) is 11.4. The van der Waals surface area contributed by atoms with E-state index in [-0.39, 0.29) is 0 Å². The van der Waals surface area contributed by atoms with Crippen molar-refractivity contribution in [1.82, 2.24) is 19.1 Å². The molecule has 3 rings (SSSR count). The highest BCUT2D eigenvalue weighted by molar-refractivity contribution is 5.61. The first-order valence-electron chi connectivity index (χ1n) is 6.59. The summed E-state index contributed by atoms with van der Waals surface area (Å²) in [5.41, 5.74) is 7.63. The standard InChI is InChI=1S/C15H17N5/c1-12-17-5-7-19(12)9-10-20-8-6-18-15(20)13-3-2-4-14(16)11-13/h2-8,11H,9-10,16H2,1H3. The molecular weight excluding hydrogens is 250 g/mol. The molecule has 0 spiro atoms. The molecule has 2 N–H and O–H groups in total. The number of hydrogen-bond acceptors (Lipinski definition) is 3. The van der Waals surface area contributed by atoms with Crippen molar-refractivity contribution in [3.63, 3.8) is 0 Å². The fraction of sp³-hybridized carbons (Fsp3) is 0.200. The number of benzene rings is 1. The first-order valence-corrected chi connectivity index (χ1v) is 6.59. The topological polar surface area (TPSA) is 61.7 Å². The summed E-state index contributed by atoms with van der Waals surface area (Å²) < 4.78 is 4.26. The number of hydrogen-bond donors (Lipinski definition) is 1. The minimum atomic E-state index is 0.752. The van der Waals surface area contributed by atoms with Gasteiger partial charge in [0.2, 0.25) is 0 Å². The lowest BCUT2D eigenvalue weighted by molar-refractivity contribution is 0.571. The number of anilines is 1. The van der Waals surface area contributed by atoms with E-state index in [4.69, 9.17) is 5.73 Å². The maximum absolute atomic E-state index is 5.84. The van der Waals surface area contributed by atoms with Crippen LogP contribution in [0.3, 0.4) is 0 Å². The minimum Gasteiger partial charge on any atom is -0.399 e. The van der Waals surface area contributed by atoms with Gasteiger partial charge in [-0.3, -0.25) is 0 Å². The van der Waals surface area contributed by atoms with Crippen LogP contribution < -0.4 is 5.73 Å². The van der Waals surface area contributed by atoms with Crippen LogP contribution in [0, 0.1) is 6.92 Å². The molecule has 20 heavy (non-hydrogen) atoms. The smallest absolute Gasteiger partial charge is 0.140 e. The maximum atomic E-state index is 5.84. The van der Waals surface area contributed by atoms with E-state index in [2.05, 4.69) is 19.1 Å². The van der Waals surface area contributed by atoms with Gasteiger partial charge >= 0.3 is 0 Å². The molecule has 0 bridgehead atoms. The number of aryl methyl sites for hydroxylation is 3. The Balaban J connectivity index is 1.82. The van der Waals surface area contributed by atoms with Crippen LogP contribution in [-0.4, -0.2) is 19.1 Å². The number of nitrogen functional groups attached to an aromatic ring is 1. The summed E-state index contributed by atoms with van der Waals surface area (Å²) in [7, 11) is 0. The van der Waals surface area contributed by atoms with E-state index in [0.29, 0.717) is 0 Å². The SMILES string of the molecule is Cc1nccn1CCn1ccnc1-c1cccc(N)c1. The highest BCUT2D eigenvalue weighted by atomic mass is 15.1. The van der Waals surface area contributed by atoms with Crippen LogP contribution in [0.15, 0.2) is 49.1 Å². The van der Waals surface area contributed by atoms with Gasteiger partial charge in [0.25, 0.3) is 0 Å². The first kappa shape index (κ1) is 12.5. The Morgan fingerprint density at radius 1 is 1.05 bits per heavy atom. The molecule has 0 atom stereocenters. The Labute approximate surface area is 117 Å². The summed E-state index contributed by atoms with van der Waals surface area (Å²) in [4.78, 5) is 8.66. The summed E-state index contributed by atoms with van der Waals surface area (Å²) in [6.45, 7) is 3.73. The van der Waals surface area contributed by atoms with Crippen LogP contribution in [0.5, 0.6) is 0 Å². The third kappa shape index (κ3) is 2.42. The normalized spacial score (nSPS) is 10.8. The zero-order chi connectivity index (χ0) is 13.9.